The normalized spacial score (nSPS) is 15.4. The number of halogens is 4. The predicted molar refractivity (Wildman–Crippen MR) is 105 cm³/mol. The van der Waals surface area contributed by atoms with Gasteiger partial charge in [-0.05, 0) is 36.4 Å². The van der Waals surface area contributed by atoms with Crippen LogP contribution in [-0.4, -0.2) is 35.1 Å². The van der Waals surface area contributed by atoms with Gasteiger partial charge in [-0.2, -0.15) is 18.2 Å². The van der Waals surface area contributed by atoms with Crippen molar-refractivity contribution in [1.29, 1.82) is 0 Å². The number of anilines is 1. The fraction of sp³-hybridized carbons (Fsp3) is 0.300. The number of para-hydroxylation sites is 1. The number of thiazole rings is 1. The second-order valence-electron chi connectivity index (χ2n) is 6.88. The third kappa shape index (κ3) is 4.48. The van der Waals surface area contributed by atoms with Crippen LogP contribution >= 0.6 is 11.3 Å². The van der Waals surface area contributed by atoms with Crippen molar-refractivity contribution in [3.63, 3.8) is 0 Å². The highest BCUT2D eigenvalue weighted by molar-refractivity contribution is 7.20. The Hall–Kier alpha value is -2.88. The first-order chi connectivity index (χ1) is 14.3. The van der Waals surface area contributed by atoms with E-state index < -0.39 is 17.6 Å². The number of nitrogens with one attached hydrogen (secondary N) is 1. The van der Waals surface area contributed by atoms with Gasteiger partial charge in [0.15, 0.2) is 0 Å². The van der Waals surface area contributed by atoms with E-state index in [4.69, 9.17) is 4.74 Å². The molecule has 2 aromatic carbocycles. The first-order valence-electron chi connectivity index (χ1n) is 9.24. The van der Waals surface area contributed by atoms with E-state index in [1.54, 1.807) is 17.0 Å². The van der Waals surface area contributed by atoms with Crippen molar-refractivity contribution < 1.29 is 27.1 Å². The maximum atomic E-state index is 13.8. The molecule has 3 aromatic rings. The third-order valence-electron chi connectivity index (χ3n) is 4.81. The van der Waals surface area contributed by atoms with E-state index in [2.05, 4.69) is 10.3 Å². The molecular formula is C20H17F4N3O2S. The number of nitrogens with zero attached hydrogens (tertiary/aromatic N) is 2. The molecule has 0 atom stereocenters. The van der Waals surface area contributed by atoms with Crippen molar-refractivity contribution in [3.05, 3.63) is 53.8 Å². The summed E-state index contributed by atoms with van der Waals surface area (Å²) in [6, 6.07) is 8.67. The van der Waals surface area contributed by atoms with E-state index in [0.717, 1.165) is 12.1 Å². The number of urea groups is 1. The number of benzene rings is 2. The number of hydrogen-bond acceptors (Lipinski definition) is 4. The molecule has 2 heterocycles. The minimum absolute atomic E-state index is 0.149. The van der Waals surface area contributed by atoms with Crippen LogP contribution in [-0.2, 0) is 6.18 Å². The number of piperidine rings is 1. The number of aromatic nitrogens is 1. The lowest BCUT2D eigenvalue weighted by atomic mass is 10.1. The predicted octanol–water partition coefficient (Wildman–Crippen LogP) is 5.53. The van der Waals surface area contributed by atoms with Gasteiger partial charge in [-0.25, -0.2) is 9.18 Å². The molecule has 1 aliphatic rings. The second kappa shape index (κ2) is 8.10. The van der Waals surface area contributed by atoms with Crippen LogP contribution in [0.5, 0.6) is 5.19 Å². The van der Waals surface area contributed by atoms with Crippen molar-refractivity contribution in [1.82, 2.24) is 9.88 Å². The van der Waals surface area contributed by atoms with Crippen LogP contribution in [0.2, 0.25) is 0 Å². The Bertz CT molecular complexity index is 1040. The zero-order valence-electron chi connectivity index (χ0n) is 15.6. The molecule has 10 heteroatoms. The lowest BCUT2D eigenvalue weighted by Crippen LogP contribution is -2.43. The van der Waals surface area contributed by atoms with Crippen molar-refractivity contribution in [3.8, 4) is 5.19 Å². The number of ether oxygens (including phenoxy) is 1. The van der Waals surface area contributed by atoms with Crippen LogP contribution in [0.15, 0.2) is 42.5 Å². The molecule has 4 rings (SSSR count). The average Bonchev–Trinajstić information content (AvgIpc) is 3.12. The van der Waals surface area contributed by atoms with E-state index in [-0.39, 0.29) is 17.7 Å². The van der Waals surface area contributed by atoms with Crippen LogP contribution in [0.1, 0.15) is 18.4 Å². The van der Waals surface area contributed by atoms with Gasteiger partial charge < -0.3 is 15.0 Å². The Kier molecular flexibility index (Phi) is 5.50. The number of carbonyl (C=O) groups is 1. The van der Waals surface area contributed by atoms with E-state index in [1.807, 2.05) is 0 Å². The van der Waals surface area contributed by atoms with Crippen molar-refractivity contribution in [2.45, 2.75) is 25.1 Å². The highest BCUT2D eigenvalue weighted by Crippen LogP contribution is 2.32. The minimum atomic E-state index is -4.42. The van der Waals surface area contributed by atoms with Crippen LogP contribution in [0.4, 0.5) is 28.0 Å². The molecule has 30 heavy (non-hydrogen) atoms. The molecule has 0 spiro atoms. The van der Waals surface area contributed by atoms with Gasteiger partial charge >= 0.3 is 12.2 Å². The molecule has 1 N–H and O–H groups in total. The maximum Gasteiger partial charge on any atom is 0.416 e. The minimum Gasteiger partial charge on any atom is -0.467 e. The van der Waals surface area contributed by atoms with Gasteiger partial charge in [-0.15, -0.1) is 0 Å². The molecule has 5 nitrogen and oxygen atoms in total. The quantitative estimate of drug-likeness (QED) is 0.546. The SMILES string of the molecule is O=C(Nc1ccc(C(F)(F)F)cc1)N1CCC(Oc2nc3c(F)cccc3s2)CC1. The molecular weight excluding hydrogens is 422 g/mol. The van der Waals surface area contributed by atoms with Gasteiger partial charge in [0.2, 0.25) is 0 Å². The van der Waals surface area contributed by atoms with Crippen LogP contribution in [0.3, 0.4) is 0 Å². The summed E-state index contributed by atoms with van der Waals surface area (Å²) in [6.07, 6.45) is -3.43. The summed E-state index contributed by atoms with van der Waals surface area (Å²) in [5, 5.41) is 3.00. The lowest BCUT2D eigenvalue weighted by molar-refractivity contribution is -0.137. The maximum absolute atomic E-state index is 13.8. The average molecular weight is 439 g/mol. The molecule has 0 bridgehead atoms. The fourth-order valence-electron chi connectivity index (χ4n) is 3.21. The first-order valence-corrected chi connectivity index (χ1v) is 10.1. The van der Waals surface area contributed by atoms with E-state index >= 15 is 0 Å². The summed E-state index contributed by atoms with van der Waals surface area (Å²) >= 11 is 1.27. The molecule has 1 saturated heterocycles. The molecule has 1 aliphatic heterocycles. The number of fused-ring (bicyclic) bond motifs is 1. The topological polar surface area (TPSA) is 54.5 Å². The van der Waals surface area contributed by atoms with Crippen LogP contribution in [0, 0.1) is 5.82 Å². The highest BCUT2D eigenvalue weighted by Gasteiger charge is 2.30. The van der Waals surface area contributed by atoms with Gasteiger partial charge in [-0.1, -0.05) is 17.4 Å². The van der Waals surface area contributed by atoms with E-state index in [1.165, 1.54) is 29.5 Å². The Morgan fingerprint density at radius 2 is 1.83 bits per heavy atom. The number of carbonyl (C=O) groups excluding carboxylic acids is 1. The Morgan fingerprint density at radius 3 is 2.47 bits per heavy atom. The molecule has 0 aliphatic carbocycles. The number of likely N-dealkylation sites (tertiary alicyclic amines) is 1. The zero-order valence-corrected chi connectivity index (χ0v) is 16.4. The second-order valence-corrected chi connectivity index (χ2v) is 7.87. The third-order valence-corrected chi connectivity index (χ3v) is 5.72. The molecule has 2 amide bonds. The summed E-state index contributed by atoms with van der Waals surface area (Å²) in [7, 11) is 0. The van der Waals surface area contributed by atoms with Gasteiger partial charge in [0, 0.05) is 31.6 Å². The van der Waals surface area contributed by atoms with Crippen molar-refractivity contribution in [2.24, 2.45) is 0 Å². The summed E-state index contributed by atoms with van der Waals surface area (Å²) in [4.78, 5) is 18.1. The largest absolute Gasteiger partial charge is 0.467 e. The summed E-state index contributed by atoms with van der Waals surface area (Å²) < 4.78 is 58.2. The molecule has 0 saturated carbocycles. The summed E-state index contributed by atoms with van der Waals surface area (Å²) in [5.74, 6) is -0.395. The van der Waals surface area contributed by atoms with Gasteiger partial charge in [0.05, 0.1) is 10.3 Å². The standard InChI is InChI=1S/C20H17F4N3O2S/c21-15-2-1-3-16-17(15)26-19(30-16)29-14-8-10-27(11-9-14)18(28)25-13-6-4-12(5-7-13)20(22,23)24/h1-7,14H,8-11H2,(H,25,28). The number of hydrogen-bond donors (Lipinski definition) is 1. The number of rotatable bonds is 3. The fourth-order valence-corrected chi connectivity index (χ4v) is 4.11. The Balaban J connectivity index is 1.30. The molecule has 1 fully saturated rings. The zero-order chi connectivity index (χ0) is 21.3. The molecule has 1 aromatic heterocycles. The van der Waals surface area contributed by atoms with E-state index in [0.29, 0.717) is 41.5 Å². The molecule has 158 valence electrons. The van der Waals surface area contributed by atoms with Gasteiger partial charge in [-0.3, -0.25) is 0 Å². The van der Waals surface area contributed by atoms with Gasteiger partial charge in [0.1, 0.15) is 17.4 Å². The summed E-state index contributed by atoms with van der Waals surface area (Å²) in [5.41, 5.74) is -0.193. The summed E-state index contributed by atoms with van der Waals surface area (Å²) in [6.45, 7) is 0.854. The van der Waals surface area contributed by atoms with Crippen molar-refractivity contribution >= 4 is 33.3 Å². The number of alkyl halides is 3. The van der Waals surface area contributed by atoms with Crippen LogP contribution < -0.4 is 10.1 Å². The molecule has 0 unspecified atom stereocenters. The van der Waals surface area contributed by atoms with Gasteiger partial charge in [0.25, 0.3) is 5.19 Å². The number of amides is 2. The van der Waals surface area contributed by atoms with Crippen LogP contribution in [0.25, 0.3) is 10.2 Å². The Labute approximate surface area is 173 Å². The highest BCUT2D eigenvalue weighted by atomic mass is 32.1. The first kappa shape index (κ1) is 20.4. The Morgan fingerprint density at radius 1 is 1.13 bits per heavy atom. The van der Waals surface area contributed by atoms with E-state index in [9.17, 15) is 22.4 Å². The lowest BCUT2D eigenvalue weighted by Gasteiger charge is -2.31. The monoisotopic (exact) mass is 439 g/mol. The molecule has 0 radical (unpaired) electrons. The smallest absolute Gasteiger partial charge is 0.416 e. The van der Waals surface area contributed by atoms with Crippen molar-refractivity contribution in [2.75, 3.05) is 18.4 Å².